The number of carbonyl (C=O) groups excluding carboxylic acids is 1. The molecule has 0 aromatic rings. The van der Waals surface area contributed by atoms with Crippen LogP contribution < -0.4 is 4.74 Å². The van der Waals surface area contributed by atoms with E-state index >= 15 is 0 Å². The Bertz CT molecular complexity index is 474. The summed E-state index contributed by atoms with van der Waals surface area (Å²) >= 11 is 0. The van der Waals surface area contributed by atoms with E-state index in [-0.39, 0.29) is 0 Å². The second-order valence-electron chi connectivity index (χ2n) is 3.10. The summed E-state index contributed by atoms with van der Waals surface area (Å²) in [4.78, 5) is 11.1. The summed E-state index contributed by atoms with van der Waals surface area (Å²) in [6.07, 6.45) is 1.15. The topological polar surface area (TPSA) is 26.3 Å². The van der Waals surface area contributed by atoms with Crippen LogP contribution in [0.2, 0.25) is 0 Å². The monoisotopic (exact) mass is 198 g/mol. The highest BCUT2D eigenvalue weighted by atomic mass is 16.5. The molecule has 2 heteroatoms. The molecule has 0 heterocycles. The lowest BCUT2D eigenvalue weighted by atomic mass is 10.2. The Morgan fingerprint density at radius 3 is 2.73 bits per heavy atom. The summed E-state index contributed by atoms with van der Waals surface area (Å²) < 4.78 is 5.10. The lowest BCUT2D eigenvalue weighted by molar-refractivity contribution is -0.128. The van der Waals surface area contributed by atoms with E-state index in [2.05, 4.69) is 6.58 Å². The van der Waals surface area contributed by atoms with Gasteiger partial charge in [0.15, 0.2) is 0 Å². The average Bonchev–Trinajstić information content (AvgIpc) is 2.50. The molecule has 0 aromatic carbocycles. The molecule has 0 atom stereocenters. The molecule has 0 saturated heterocycles. The lowest BCUT2D eigenvalue weighted by Gasteiger charge is -2.00. The minimum atomic E-state index is -0.436. The van der Waals surface area contributed by atoms with Crippen LogP contribution in [0.15, 0.2) is 55.1 Å². The van der Waals surface area contributed by atoms with Crippen molar-refractivity contribution >= 4 is 5.97 Å². The normalized spacial score (nSPS) is 9.87. The number of ether oxygens (including phenoxy) is 1. The van der Waals surface area contributed by atoms with Gasteiger partial charge in [-0.25, -0.2) is 4.79 Å². The molecular weight excluding hydrogens is 188 g/mol. The van der Waals surface area contributed by atoms with Gasteiger partial charge in [0, 0.05) is 11.6 Å². The van der Waals surface area contributed by atoms with Gasteiger partial charge in [0.25, 0.3) is 0 Å². The van der Waals surface area contributed by atoms with Gasteiger partial charge in [0.2, 0.25) is 0 Å². The van der Waals surface area contributed by atoms with Crippen molar-refractivity contribution in [1.29, 1.82) is 0 Å². The number of hydrogen-bond acceptors (Lipinski definition) is 2. The Morgan fingerprint density at radius 1 is 1.13 bits per heavy atom. The lowest BCUT2D eigenvalue weighted by Crippen LogP contribution is -2.02. The van der Waals surface area contributed by atoms with E-state index in [1.807, 2.05) is 36.4 Å². The summed E-state index contributed by atoms with van der Waals surface area (Å²) in [6, 6.07) is 13.4. The van der Waals surface area contributed by atoms with Gasteiger partial charge in [0.1, 0.15) is 5.75 Å². The van der Waals surface area contributed by atoms with Gasteiger partial charge in [-0.15, -0.1) is 0 Å². The van der Waals surface area contributed by atoms with Crippen LogP contribution in [0.4, 0.5) is 0 Å². The Hall–Kier alpha value is -2.09. The molecule has 0 bridgehead atoms. The number of esters is 1. The summed E-state index contributed by atoms with van der Waals surface area (Å²) in [5.74, 6) is 0.139. The summed E-state index contributed by atoms with van der Waals surface area (Å²) in [5.41, 5.74) is 1.97. The fraction of sp³-hybridized carbons (Fsp3) is 0. The molecular formula is C13H10O2. The van der Waals surface area contributed by atoms with E-state index in [1.54, 1.807) is 6.07 Å². The van der Waals surface area contributed by atoms with Crippen molar-refractivity contribution in [3.63, 3.8) is 0 Å². The third-order valence-electron chi connectivity index (χ3n) is 2.13. The Balaban J connectivity index is 2.40. The van der Waals surface area contributed by atoms with Crippen molar-refractivity contribution in [3.8, 4) is 16.9 Å². The Morgan fingerprint density at radius 2 is 1.93 bits per heavy atom. The van der Waals surface area contributed by atoms with Gasteiger partial charge < -0.3 is 4.74 Å². The molecule has 0 unspecified atom stereocenters. The molecule has 0 aromatic heterocycles. The predicted octanol–water partition coefficient (Wildman–Crippen LogP) is 2.88. The maximum Gasteiger partial charge on any atom is 0.335 e. The standard InChI is InChI=1S/C13H10O2/c1-2-13(14)15-12-9-8-10-6-4-3-5-7-11(10)12/h2-9H,1H2. The smallest absolute Gasteiger partial charge is 0.335 e. The van der Waals surface area contributed by atoms with E-state index in [0.29, 0.717) is 5.75 Å². The molecule has 2 aliphatic rings. The third-order valence-corrected chi connectivity index (χ3v) is 2.13. The largest absolute Gasteiger partial charge is 0.423 e. The molecule has 0 aliphatic heterocycles. The SMILES string of the molecule is C=CC(=O)Oc1ccc2cccccc1-2. The van der Waals surface area contributed by atoms with Crippen molar-refractivity contribution < 1.29 is 9.53 Å². The van der Waals surface area contributed by atoms with Crippen LogP contribution in [-0.2, 0) is 4.79 Å². The Kier molecular flexibility index (Phi) is 2.50. The van der Waals surface area contributed by atoms with Crippen LogP contribution in [0.25, 0.3) is 11.1 Å². The van der Waals surface area contributed by atoms with Gasteiger partial charge in [-0.3, -0.25) is 0 Å². The zero-order valence-corrected chi connectivity index (χ0v) is 8.14. The molecule has 2 rings (SSSR count). The van der Waals surface area contributed by atoms with Crippen LogP contribution in [0.5, 0.6) is 5.75 Å². The van der Waals surface area contributed by atoms with Crippen molar-refractivity contribution in [1.82, 2.24) is 0 Å². The average molecular weight is 198 g/mol. The second-order valence-corrected chi connectivity index (χ2v) is 3.10. The van der Waals surface area contributed by atoms with Crippen LogP contribution in [0, 0.1) is 0 Å². The van der Waals surface area contributed by atoms with Gasteiger partial charge in [-0.1, -0.05) is 43.0 Å². The van der Waals surface area contributed by atoms with E-state index in [0.717, 1.165) is 17.2 Å². The molecule has 2 aliphatic carbocycles. The molecule has 0 radical (unpaired) electrons. The van der Waals surface area contributed by atoms with E-state index < -0.39 is 5.97 Å². The summed E-state index contributed by atoms with van der Waals surface area (Å²) in [7, 11) is 0. The van der Waals surface area contributed by atoms with E-state index in [4.69, 9.17) is 4.74 Å². The highest BCUT2D eigenvalue weighted by molar-refractivity contribution is 5.86. The first kappa shape index (κ1) is 9.46. The van der Waals surface area contributed by atoms with Crippen molar-refractivity contribution in [2.24, 2.45) is 0 Å². The summed E-state index contributed by atoms with van der Waals surface area (Å²) in [6.45, 7) is 3.36. The molecule has 0 saturated carbocycles. The molecule has 15 heavy (non-hydrogen) atoms. The first-order valence-electron chi connectivity index (χ1n) is 4.63. The van der Waals surface area contributed by atoms with Crippen LogP contribution >= 0.6 is 0 Å². The molecule has 0 N–H and O–H groups in total. The van der Waals surface area contributed by atoms with Crippen LogP contribution in [0.1, 0.15) is 0 Å². The van der Waals surface area contributed by atoms with E-state index in [9.17, 15) is 4.79 Å². The quantitative estimate of drug-likeness (QED) is 0.548. The van der Waals surface area contributed by atoms with E-state index in [1.165, 1.54) is 0 Å². The number of rotatable bonds is 2. The van der Waals surface area contributed by atoms with Crippen molar-refractivity contribution in [2.75, 3.05) is 0 Å². The minimum absolute atomic E-state index is 0.436. The fourth-order valence-corrected chi connectivity index (χ4v) is 1.43. The van der Waals surface area contributed by atoms with Gasteiger partial charge in [0.05, 0.1) is 0 Å². The molecule has 74 valence electrons. The van der Waals surface area contributed by atoms with Crippen LogP contribution in [-0.4, -0.2) is 5.97 Å². The number of hydrogen-bond donors (Lipinski definition) is 0. The molecule has 2 nitrogen and oxygen atoms in total. The zero-order valence-electron chi connectivity index (χ0n) is 8.14. The third kappa shape index (κ3) is 1.89. The molecule has 0 amide bonds. The number of fused-ring (bicyclic) bond motifs is 1. The van der Waals surface area contributed by atoms with Gasteiger partial charge in [-0.2, -0.15) is 0 Å². The minimum Gasteiger partial charge on any atom is -0.423 e. The van der Waals surface area contributed by atoms with Gasteiger partial charge >= 0.3 is 5.97 Å². The maximum atomic E-state index is 11.1. The number of carbonyl (C=O) groups is 1. The van der Waals surface area contributed by atoms with Crippen LogP contribution in [0.3, 0.4) is 0 Å². The highest BCUT2D eigenvalue weighted by Gasteiger charge is 2.10. The maximum absolute atomic E-state index is 11.1. The van der Waals surface area contributed by atoms with Gasteiger partial charge in [-0.05, 0) is 11.6 Å². The Labute approximate surface area is 88.1 Å². The first-order valence-corrected chi connectivity index (χ1v) is 4.63. The molecule has 0 fully saturated rings. The summed E-state index contributed by atoms with van der Waals surface area (Å²) in [5, 5.41) is 0. The second kappa shape index (κ2) is 3.96. The fourth-order valence-electron chi connectivity index (χ4n) is 1.43. The predicted molar refractivity (Wildman–Crippen MR) is 58.9 cm³/mol. The first-order chi connectivity index (χ1) is 7.31. The highest BCUT2D eigenvalue weighted by Crippen LogP contribution is 2.33. The van der Waals surface area contributed by atoms with Crippen molar-refractivity contribution in [2.45, 2.75) is 0 Å². The molecule has 0 spiro atoms. The van der Waals surface area contributed by atoms with Crippen molar-refractivity contribution in [3.05, 3.63) is 55.1 Å². The zero-order chi connectivity index (χ0) is 10.7.